The Labute approximate surface area is 132 Å². The van der Waals surface area contributed by atoms with Crippen molar-refractivity contribution in [3.63, 3.8) is 0 Å². The van der Waals surface area contributed by atoms with E-state index < -0.39 is 8.46 Å². The second-order valence-corrected chi connectivity index (χ2v) is 5.85. The van der Waals surface area contributed by atoms with E-state index in [0.717, 1.165) is 12.2 Å². The summed E-state index contributed by atoms with van der Waals surface area (Å²) in [5.41, 5.74) is 4.29. The number of benzene rings is 1. The summed E-state index contributed by atoms with van der Waals surface area (Å²) in [4.78, 5) is 21.3. The minimum atomic E-state index is -0.682. The summed E-state index contributed by atoms with van der Waals surface area (Å²) in [6.45, 7) is 1.14. The molecule has 0 saturated heterocycles. The SMILES string of the molecule is CN(C)CCONN(C(=O)C[PH+]=O)c1ccc(N(C)C)cc1. The van der Waals surface area contributed by atoms with Gasteiger partial charge in [0.25, 0.3) is 5.91 Å². The van der Waals surface area contributed by atoms with Gasteiger partial charge in [-0.05, 0) is 38.4 Å². The fourth-order valence-corrected chi connectivity index (χ4v) is 1.91. The van der Waals surface area contributed by atoms with E-state index in [9.17, 15) is 9.36 Å². The van der Waals surface area contributed by atoms with E-state index in [1.807, 2.05) is 62.3 Å². The number of amides is 1. The molecule has 0 bridgehead atoms. The Morgan fingerprint density at radius 2 is 1.73 bits per heavy atom. The molecule has 1 aromatic rings. The zero-order chi connectivity index (χ0) is 16.5. The molecule has 0 aliphatic rings. The Hall–Kier alpha value is -1.53. The van der Waals surface area contributed by atoms with Crippen molar-refractivity contribution in [2.75, 3.05) is 57.4 Å². The standard InChI is InChI=1S/C14H23N4O3P/c1-16(2)9-10-21-15-18(14(19)11-22-20)13-7-5-12(6-8-13)17(3)4/h5-8,15H,9-11H2,1-4H3/p+1. The van der Waals surface area contributed by atoms with E-state index in [1.54, 1.807) is 0 Å². The molecule has 1 aromatic carbocycles. The molecular formula is C14H24N4O3P+. The maximum absolute atomic E-state index is 12.1. The Bertz CT molecular complexity index is 479. The first-order valence-corrected chi connectivity index (χ1v) is 8.04. The van der Waals surface area contributed by atoms with E-state index in [-0.39, 0.29) is 12.1 Å². The molecule has 0 saturated carbocycles. The lowest BCUT2D eigenvalue weighted by Crippen LogP contribution is -2.44. The number of carbonyl (C=O) groups excluding carboxylic acids is 1. The molecule has 1 atom stereocenters. The molecule has 0 fully saturated rings. The van der Waals surface area contributed by atoms with Crippen LogP contribution in [0.4, 0.5) is 11.4 Å². The third kappa shape index (κ3) is 6.07. The predicted molar refractivity (Wildman–Crippen MR) is 89.8 cm³/mol. The van der Waals surface area contributed by atoms with E-state index >= 15 is 0 Å². The number of rotatable bonds is 9. The molecule has 0 aliphatic heterocycles. The van der Waals surface area contributed by atoms with E-state index in [0.29, 0.717) is 12.3 Å². The highest BCUT2D eigenvalue weighted by molar-refractivity contribution is 7.25. The summed E-state index contributed by atoms with van der Waals surface area (Å²) in [5.74, 6) is -0.309. The fraction of sp³-hybridized carbons (Fsp3) is 0.500. The largest absolute Gasteiger partial charge is 0.378 e. The summed E-state index contributed by atoms with van der Waals surface area (Å²) in [6.07, 6.45) is -0.0561. The first kappa shape index (κ1) is 18.5. The van der Waals surface area contributed by atoms with Gasteiger partial charge in [-0.25, -0.2) is 5.01 Å². The minimum absolute atomic E-state index is 0.0561. The van der Waals surface area contributed by atoms with E-state index in [1.165, 1.54) is 5.01 Å². The summed E-state index contributed by atoms with van der Waals surface area (Å²) >= 11 is 0. The first-order chi connectivity index (χ1) is 10.5. The summed E-state index contributed by atoms with van der Waals surface area (Å²) < 4.78 is 10.7. The normalized spacial score (nSPS) is 11.0. The molecule has 7 nitrogen and oxygen atoms in total. The number of hydrogen-bond donors (Lipinski definition) is 1. The average Bonchev–Trinajstić information content (AvgIpc) is 2.47. The van der Waals surface area contributed by atoms with Crippen LogP contribution in [0.5, 0.6) is 0 Å². The smallest absolute Gasteiger partial charge is 0.334 e. The molecule has 0 radical (unpaired) electrons. The monoisotopic (exact) mass is 327 g/mol. The molecule has 1 rings (SSSR count). The van der Waals surface area contributed by atoms with Crippen molar-refractivity contribution in [1.29, 1.82) is 0 Å². The van der Waals surface area contributed by atoms with Gasteiger partial charge < -0.3 is 9.80 Å². The van der Waals surface area contributed by atoms with Gasteiger partial charge >= 0.3 is 8.46 Å². The molecule has 8 heteroatoms. The highest BCUT2D eigenvalue weighted by Gasteiger charge is 2.19. The van der Waals surface area contributed by atoms with Gasteiger partial charge in [0.05, 0.1) is 12.3 Å². The van der Waals surface area contributed by atoms with Crippen LogP contribution in [0, 0.1) is 0 Å². The summed E-state index contributed by atoms with van der Waals surface area (Å²) in [6, 6.07) is 7.42. The highest BCUT2D eigenvalue weighted by atomic mass is 31.1. The maximum atomic E-state index is 12.1. The summed E-state index contributed by atoms with van der Waals surface area (Å²) in [5, 5.41) is 1.28. The molecule has 0 heterocycles. The maximum Gasteiger partial charge on any atom is 0.334 e. The van der Waals surface area contributed by atoms with Crippen LogP contribution in [0.15, 0.2) is 24.3 Å². The van der Waals surface area contributed by atoms with Gasteiger partial charge in [-0.3, -0.25) is 9.63 Å². The molecule has 1 amide bonds. The van der Waals surface area contributed by atoms with Crippen LogP contribution in [0.3, 0.4) is 0 Å². The number of anilines is 2. The second kappa shape index (κ2) is 9.48. The number of nitrogens with zero attached hydrogens (tertiary/aromatic N) is 3. The number of carbonyl (C=O) groups is 1. The zero-order valence-electron chi connectivity index (χ0n) is 13.5. The molecule has 0 spiro atoms. The van der Waals surface area contributed by atoms with Gasteiger partial charge in [0, 0.05) is 26.3 Å². The lowest BCUT2D eigenvalue weighted by atomic mass is 10.2. The van der Waals surface area contributed by atoms with Gasteiger partial charge in [0.1, 0.15) is 0 Å². The number of likely N-dealkylation sites (N-methyl/N-ethyl adjacent to an activating group) is 1. The number of nitrogens with one attached hydrogen (secondary N) is 1. The molecule has 22 heavy (non-hydrogen) atoms. The van der Waals surface area contributed by atoms with Crippen LogP contribution < -0.4 is 15.5 Å². The topological polar surface area (TPSA) is 65.1 Å². The van der Waals surface area contributed by atoms with Crippen molar-refractivity contribution in [2.24, 2.45) is 0 Å². The molecule has 1 unspecified atom stereocenters. The third-order valence-corrected chi connectivity index (χ3v) is 3.34. The Morgan fingerprint density at radius 3 is 2.23 bits per heavy atom. The van der Waals surface area contributed by atoms with Gasteiger partial charge in [0.15, 0.2) is 0 Å². The molecule has 1 N–H and O–H groups in total. The number of hydrogen-bond acceptors (Lipinski definition) is 6. The molecule has 122 valence electrons. The van der Waals surface area contributed by atoms with E-state index in [4.69, 9.17) is 4.84 Å². The van der Waals surface area contributed by atoms with Crippen LogP contribution >= 0.6 is 8.46 Å². The third-order valence-electron chi connectivity index (χ3n) is 2.89. The van der Waals surface area contributed by atoms with Gasteiger partial charge in [0.2, 0.25) is 6.16 Å². The van der Waals surface area contributed by atoms with Crippen LogP contribution in [0.25, 0.3) is 0 Å². The predicted octanol–water partition coefficient (Wildman–Crippen LogP) is 1.11. The second-order valence-electron chi connectivity index (χ2n) is 5.20. The minimum Gasteiger partial charge on any atom is -0.378 e. The lowest BCUT2D eigenvalue weighted by molar-refractivity contribution is -0.120. The number of hydrazine groups is 1. The fourth-order valence-electron chi connectivity index (χ4n) is 1.63. The lowest BCUT2D eigenvalue weighted by Gasteiger charge is -2.22. The summed E-state index contributed by atoms with van der Waals surface area (Å²) in [7, 11) is 7.08. The van der Waals surface area contributed by atoms with E-state index in [2.05, 4.69) is 5.59 Å². The van der Waals surface area contributed by atoms with Gasteiger partial charge in [-0.1, -0.05) is 4.57 Å². The Morgan fingerprint density at radius 1 is 1.14 bits per heavy atom. The van der Waals surface area contributed by atoms with Crippen molar-refractivity contribution in [1.82, 2.24) is 10.5 Å². The Kier molecular flexibility index (Phi) is 7.98. The van der Waals surface area contributed by atoms with Crippen molar-refractivity contribution in [3.8, 4) is 0 Å². The molecule has 0 aliphatic carbocycles. The zero-order valence-corrected chi connectivity index (χ0v) is 14.5. The quantitative estimate of drug-likeness (QED) is 0.416. The average molecular weight is 327 g/mol. The van der Waals surface area contributed by atoms with Crippen LogP contribution in [0.1, 0.15) is 0 Å². The molecular weight excluding hydrogens is 303 g/mol. The van der Waals surface area contributed by atoms with Crippen molar-refractivity contribution in [2.45, 2.75) is 0 Å². The van der Waals surface area contributed by atoms with Crippen molar-refractivity contribution < 1.29 is 14.2 Å². The van der Waals surface area contributed by atoms with Crippen molar-refractivity contribution >= 4 is 25.7 Å². The Balaban J connectivity index is 2.76. The highest BCUT2D eigenvalue weighted by Crippen LogP contribution is 2.19. The molecule has 0 aromatic heterocycles. The van der Waals surface area contributed by atoms with Crippen molar-refractivity contribution in [3.05, 3.63) is 24.3 Å². The van der Waals surface area contributed by atoms with Crippen LogP contribution in [0.2, 0.25) is 0 Å². The van der Waals surface area contributed by atoms with Gasteiger partial charge in [-0.15, -0.1) is 5.59 Å². The van der Waals surface area contributed by atoms with Gasteiger partial charge in [-0.2, -0.15) is 0 Å². The van der Waals surface area contributed by atoms with Crippen LogP contribution in [-0.4, -0.2) is 58.3 Å². The van der Waals surface area contributed by atoms with Crippen LogP contribution in [-0.2, 0) is 14.2 Å². The first-order valence-electron chi connectivity index (χ1n) is 6.93.